The highest BCUT2D eigenvalue weighted by Crippen LogP contribution is 2.19. The van der Waals surface area contributed by atoms with Crippen LogP contribution in [0.25, 0.3) is 11.0 Å². The molecule has 1 aliphatic heterocycles. The van der Waals surface area contributed by atoms with Crippen molar-refractivity contribution in [2.75, 3.05) is 39.4 Å². The summed E-state index contributed by atoms with van der Waals surface area (Å²) in [7, 11) is 0. The summed E-state index contributed by atoms with van der Waals surface area (Å²) in [4.78, 5) is 39.7. The van der Waals surface area contributed by atoms with E-state index in [0.29, 0.717) is 24.4 Å². The maximum atomic E-state index is 12.4. The predicted molar refractivity (Wildman–Crippen MR) is 117 cm³/mol. The summed E-state index contributed by atoms with van der Waals surface area (Å²) in [5.41, 5.74) is 1.15. The molecule has 8 nitrogen and oxygen atoms in total. The number of carbonyl (C=O) groups is 2. The summed E-state index contributed by atoms with van der Waals surface area (Å²) in [6.45, 7) is 2.94. The Hall–Kier alpha value is -3.65. The summed E-state index contributed by atoms with van der Waals surface area (Å²) >= 11 is 0. The molecule has 3 aromatic rings. The Kier molecular flexibility index (Phi) is 6.81. The zero-order valence-electron chi connectivity index (χ0n) is 17.6. The van der Waals surface area contributed by atoms with Gasteiger partial charge in [-0.3, -0.25) is 9.69 Å². The SMILES string of the molecule is O=C(COc1ccc2ccc(=O)oc2c1)OCC(=O)N1CCN(Cc2ccccc2)CC1. The number of rotatable bonds is 7. The summed E-state index contributed by atoms with van der Waals surface area (Å²) in [6, 6.07) is 18.1. The third-order valence-corrected chi connectivity index (χ3v) is 5.28. The van der Waals surface area contributed by atoms with Gasteiger partial charge in [0.15, 0.2) is 13.2 Å². The van der Waals surface area contributed by atoms with Gasteiger partial charge in [-0.15, -0.1) is 0 Å². The topological polar surface area (TPSA) is 89.3 Å². The first-order valence-corrected chi connectivity index (χ1v) is 10.4. The number of hydrogen-bond donors (Lipinski definition) is 0. The molecule has 166 valence electrons. The van der Waals surface area contributed by atoms with Crippen LogP contribution in [0.4, 0.5) is 0 Å². The number of carbonyl (C=O) groups excluding carboxylic acids is 2. The Labute approximate surface area is 184 Å². The molecule has 0 aliphatic carbocycles. The van der Waals surface area contributed by atoms with Gasteiger partial charge >= 0.3 is 11.6 Å². The van der Waals surface area contributed by atoms with E-state index in [4.69, 9.17) is 13.9 Å². The highest BCUT2D eigenvalue weighted by atomic mass is 16.6. The Bertz CT molecular complexity index is 1140. The summed E-state index contributed by atoms with van der Waals surface area (Å²) in [6.07, 6.45) is 0. The highest BCUT2D eigenvalue weighted by molar-refractivity contribution is 5.81. The number of esters is 1. The van der Waals surface area contributed by atoms with E-state index >= 15 is 0 Å². The van der Waals surface area contributed by atoms with E-state index < -0.39 is 11.6 Å². The fourth-order valence-corrected chi connectivity index (χ4v) is 3.55. The largest absolute Gasteiger partial charge is 0.482 e. The van der Waals surface area contributed by atoms with Crippen LogP contribution in [0.2, 0.25) is 0 Å². The van der Waals surface area contributed by atoms with Crippen molar-refractivity contribution in [2.45, 2.75) is 6.54 Å². The van der Waals surface area contributed by atoms with Gasteiger partial charge in [-0.2, -0.15) is 0 Å². The van der Waals surface area contributed by atoms with Gasteiger partial charge in [-0.25, -0.2) is 9.59 Å². The van der Waals surface area contributed by atoms with Crippen molar-refractivity contribution in [1.82, 2.24) is 9.80 Å². The maximum absolute atomic E-state index is 12.4. The van der Waals surface area contributed by atoms with Gasteiger partial charge in [0.1, 0.15) is 11.3 Å². The highest BCUT2D eigenvalue weighted by Gasteiger charge is 2.22. The fraction of sp³-hybridized carbons (Fsp3) is 0.292. The first-order chi connectivity index (χ1) is 15.6. The molecule has 1 fully saturated rings. The molecule has 0 N–H and O–H groups in total. The molecular formula is C24H24N2O6. The summed E-state index contributed by atoms with van der Waals surface area (Å²) in [5, 5.41) is 0.744. The van der Waals surface area contributed by atoms with E-state index in [1.165, 1.54) is 17.7 Å². The number of ether oxygens (including phenoxy) is 2. The van der Waals surface area contributed by atoms with Crippen molar-refractivity contribution < 1.29 is 23.5 Å². The number of amides is 1. The standard InChI is InChI=1S/C24H24N2O6/c27-22(26-12-10-25(11-13-26)15-18-4-2-1-3-5-18)16-31-24(29)17-30-20-8-6-19-7-9-23(28)32-21(19)14-20/h1-9,14H,10-13,15-17H2. The van der Waals surface area contributed by atoms with Gasteiger partial charge in [0.2, 0.25) is 0 Å². The zero-order chi connectivity index (χ0) is 22.3. The second kappa shape index (κ2) is 10.1. The molecule has 8 heteroatoms. The summed E-state index contributed by atoms with van der Waals surface area (Å²) < 4.78 is 15.6. The number of nitrogens with zero attached hydrogens (tertiary/aromatic N) is 2. The van der Waals surface area contributed by atoms with E-state index in [-0.39, 0.29) is 19.1 Å². The lowest BCUT2D eigenvalue weighted by molar-refractivity contribution is -0.154. The molecule has 0 spiro atoms. The van der Waals surface area contributed by atoms with Crippen LogP contribution in [0.3, 0.4) is 0 Å². The zero-order valence-corrected chi connectivity index (χ0v) is 17.6. The van der Waals surface area contributed by atoms with Gasteiger partial charge in [0, 0.05) is 50.2 Å². The number of benzene rings is 2. The molecule has 2 aromatic carbocycles. The van der Waals surface area contributed by atoms with Crippen LogP contribution in [0.15, 0.2) is 69.9 Å². The molecule has 0 bridgehead atoms. The summed E-state index contributed by atoms with van der Waals surface area (Å²) in [5.74, 6) is -0.495. The van der Waals surface area contributed by atoms with E-state index in [1.807, 2.05) is 18.2 Å². The predicted octanol–water partition coefficient (Wildman–Crippen LogP) is 2.06. The second-order valence-corrected chi connectivity index (χ2v) is 7.55. The average Bonchev–Trinajstić information content (AvgIpc) is 2.82. The van der Waals surface area contributed by atoms with Crippen molar-refractivity contribution in [1.29, 1.82) is 0 Å². The van der Waals surface area contributed by atoms with E-state index in [9.17, 15) is 14.4 Å². The Morgan fingerprint density at radius 1 is 0.906 bits per heavy atom. The minimum Gasteiger partial charge on any atom is -0.482 e. The molecular weight excluding hydrogens is 412 g/mol. The first-order valence-electron chi connectivity index (χ1n) is 10.4. The Balaban J connectivity index is 1.18. The van der Waals surface area contributed by atoms with Crippen LogP contribution in [0.1, 0.15) is 5.56 Å². The van der Waals surface area contributed by atoms with Crippen molar-refractivity contribution >= 4 is 22.8 Å². The Morgan fingerprint density at radius 2 is 1.66 bits per heavy atom. The molecule has 0 radical (unpaired) electrons. The van der Waals surface area contributed by atoms with Crippen LogP contribution < -0.4 is 10.4 Å². The lowest BCUT2D eigenvalue weighted by atomic mass is 10.2. The van der Waals surface area contributed by atoms with Gasteiger partial charge in [-0.05, 0) is 23.8 Å². The molecule has 1 saturated heterocycles. The van der Waals surface area contributed by atoms with Crippen LogP contribution in [0, 0.1) is 0 Å². The Morgan fingerprint density at radius 3 is 2.44 bits per heavy atom. The number of piperazine rings is 1. The third-order valence-electron chi connectivity index (χ3n) is 5.28. The molecule has 4 rings (SSSR count). The fourth-order valence-electron chi connectivity index (χ4n) is 3.55. The van der Waals surface area contributed by atoms with Gasteiger partial charge in [-0.1, -0.05) is 30.3 Å². The van der Waals surface area contributed by atoms with Gasteiger partial charge in [0.05, 0.1) is 0 Å². The van der Waals surface area contributed by atoms with E-state index in [2.05, 4.69) is 17.0 Å². The third kappa shape index (κ3) is 5.73. The van der Waals surface area contributed by atoms with Gasteiger partial charge in [0.25, 0.3) is 5.91 Å². The monoisotopic (exact) mass is 436 g/mol. The molecule has 1 aromatic heterocycles. The van der Waals surface area contributed by atoms with Crippen molar-refractivity contribution in [2.24, 2.45) is 0 Å². The van der Waals surface area contributed by atoms with Crippen molar-refractivity contribution in [3.63, 3.8) is 0 Å². The second-order valence-electron chi connectivity index (χ2n) is 7.55. The lowest BCUT2D eigenvalue weighted by Gasteiger charge is -2.34. The van der Waals surface area contributed by atoms with Crippen LogP contribution in [-0.4, -0.2) is 61.1 Å². The molecule has 32 heavy (non-hydrogen) atoms. The molecule has 1 aliphatic rings. The normalized spacial score (nSPS) is 14.3. The molecule has 1 amide bonds. The van der Waals surface area contributed by atoms with E-state index in [1.54, 1.807) is 23.1 Å². The maximum Gasteiger partial charge on any atom is 0.344 e. The molecule has 0 atom stereocenters. The first kappa shape index (κ1) is 21.6. The lowest BCUT2D eigenvalue weighted by Crippen LogP contribution is -2.49. The van der Waals surface area contributed by atoms with E-state index in [0.717, 1.165) is 25.0 Å². The average molecular weight is 436 g/mol. The molecule has 0 unspecified atom stereocenters. The minimum atomic E-state index is -0.643. The van der Waals surface area contributed by atoms with Crippen LogP contribution in [-0.2, 0) is 20.9 Å². The smallest absolute Gasteiger partial charge is 0.344 e. The number of fused-ring (bicyclic) bond motifs is 1. The van der Waals surface area contributed by atoms with Gasteiger partial charge < -0.3 is 18.8 Å². The number of hydrogen-bond acceptors (Lipinski definition) is 7. The molecule has 2 heterocycles. The van der Waals surface area contributed by atoms with Crippen molar-refractivity contribution in [3.05, 3.63) is 76.6 Å². The quantitative estimate of drug-likeness (QED) is 0.414. The van der Waals surface area contributed by atoms with Crippen LogP contribution in [0.5, 0.6) is 5.75 Å². The molecule has 0 saturated carbocycles. The van der Waals surface area contributed by atoms with Crippen molar-refractivity contribution in [3.8, 4) is 5.75 Å². The van der Waals surface area contributed by atoms with Crippen LogP contribution >= 0.6 is 0 Å². The minimum absolute atomic E-state index is 0.217.